The number of rotatable bonds is 4. The van der Waals surface area contributed by atoms with Gasteiger partial charge in [-0.25, -0.2) is 9.37 Å². The third-order valence-electron chi connectivity index (χ3n) is 3.27. The van der Waals surface area contributed by atoms with Gasteiger partial charge in [-0.05, 0) is 18.2 Å². The van der Waals surface area contributed by atoms with E-state index in [4.69, 9.17) is 0 Å². The molecular formula is C17H11F4N3S. The van der Waals surface area contributed by atoms with Crippen molar-refractivity contribution in [1.82, 2.24) is 4.98 Å². The van der Waals surface area contributed by atoms with Crippen molar-refractivity contribution in [3.05, 3.63) is 70.9 Å². The van der Waals surface area contributed by atoms with Crippen molar-refractivity contribution in [2.45, 2.75) is 6.18 Å². The highest BCUT2D eigenvalue weighted by molar-refractivity contribution is 7.14. The summed E-state index contributed by atoms with van der Waals surface area (Å²) in [6.45, 7) is 0. The second-order valence-corrected chi connectivity index (χ2v) is 5.87. The van der Waals surface area contributed by atoms with Gasteiger partial charge in [-0.3, -0.25) is 5.43 Å². The minimum Gasteiger partial charge on any atom is -0.253 e. The van der Waals surface area contributed by atoms with E-state index in [-0.39, 0.29) is 5.56 Å². The van der Waals surface area contributed by atoms with Crippen LogP contribution in [0, 0.1) is 5.82 Å². The number of aromatic nitrogens is 1. The summed E-state index contributed by atoms with van der Waals surface area (Å²) in [6, 6.07) is 11.8. The predicted octanol–water partition coefficient (Wildman–Crippen LogP) is 5.41. The lowest BCUT2D eigenvalue weighted by Gasteiger charge is -2.07. The Kier molecular flexibility index (Phi) is 4.80. The van der Waals surface area contributed by atoms with Crippen LogP contribution in [0.15, 0.2) is 59.0 Å². The van der Waals surface area contributed by atoms with Gasteiger partial charge in [-0.15, -0.1) is 11.3 Å². The summed E-state index contributed by atoms with van der Waals surface area (Å²) in [7, 11) is 0. The van der Waals surface area contributed by atoms with Crippen LogP contribution in [0.25, 0.3) is 11.3 Å². The third-order valence-corrected chi connectivity index (χ3v) is 4.01. The minimum absolute atomic E-state index is 0.0552. The molecule has 0 atom stereocenters. The van der Waals surface area contributed by atoms with E-state index >= 15 is 0 Å². The van der Waals surface area contributed by atoms with Crippen molar-refractivity contribution >= 4 is 22.7 Å². The van der Waals surface area contributed by atoms with Crippen LogP contribution >= 0.6 is 11.3 Å². The molecule has 2 aromatic carbocycles. The molecule has 3 aromatic rings. The van der Waals surface area contributed by atoms with Gasteiger partial charge in [-0.2, -0.15) is 18.3 Å². The van der Waals surface area contributed by atoms with E-state index in [0.717, 1.165) is 29.6 Å². The summed E-state index contributed by atoms with van der Waals surface area (Å²) >= 11 is 1.31. The average molecular weight is 365 g/mol. The lowest BCUT2D eigenvalue weighted by atomic mass is 10.1. The molecular weight excluding hydrogens is 354 g/mol. The number of nitrogens with one attached hydrogen (secondary N) is 1. The molecule has 0 saturated heterocycles. The zero-order chi connectivity index (χ0) is 17.9. The Morgan fingerprint density at radius 2 is 1.84 bits per heavy atom. The average Bonchev–Trinajstić information content (AvgIpc) is 3.05. The maximum Gasteiger partial charge on any atom is 0.416 e. The monoisotopic (exact) mass is 365 g/mol. The van der Waals surface area contributed by atoms with Crippen LogP contribution in [0.1, 0.15) is 11.1 Å². The Bertz CT molecular complexity index is 888. The molecule has 0 saturated carbocycles. The van der Waals surface area contributed by atoms with Gasteiger partial charge in [0, 0.05) is 16.5 Å². The summed E-state index contributed by atoms with van der Waals surface area (Å²) in [6.07, 6.45) is -3.47. The number of hydrazone groups is 1. The summed E-state index contributed by atoms with van der Waals surface area (Å²) in [4.78, 5) is 4.33. The van der Waals surface area contributed by atoms with Gasteiger partial charge in [0.25, 0.3) is 0 Å². The minimum atomic E-state index is -4.58. The molecule has 0 amide bonds. The summed E-state index contributed by atoms with van der Waals surface area (Å²) in [5.74, 6) is -0.996. The number of hydrogen-bond acceptors (Lipinski definition) is 4. The van der Waals surface area contributed by atoms with Crippen LogP contribution < -0.4 is 5.43 Å². The second-order valence-electron chi connectivity index (χ2n) is 5.01. The largest absolute Gasteiger partial charge is 0.416 e. The van der Waals surface area contributed by atoms with E-state index in [1.165, 1.54) is 11.3 Å². The first kappa shape index (κ1) is 17.1. The zero-order valence-electron chi connectivity index (χ0n) is 12.6. The molecule has 0 aliphatic carbocycles. The van der Waals surface area contributed by atoms with Gasteiger partial charge in [0.1, 0.15) is 5.82 Å². The SMILES string of the molecule is Fc1cc(C(F)(F)F)ccc1C=NNc1nc(-c2ccccc2)cs1. The van der Waals surface area contributed by atoms with Crippen molar-refractivity contribution in [1.29, 1.82) is 0 Å². The Balaban J connectivity index is 1.69. The highest BCUT2D eigenvalue weighted by atomic mass is 32.1. The Morgan fingerprint density at radius 1 is 1.08 bits per heavy atom. The van der Waals surface area contributed by atoms with Gasteiger partial charge < -0.3 is 0 Å². The topological polar surface area (TPSA) is 37.3 Å². The molecule has 128 valence electrons. The van der Waals surface area contributed by atoms with Crippen LogP contribution in [0.5, 0.6) is 0 Å². The first-order chi connectivity index (χ1) is 11.9. The quantitative estimate of drug-likeness (QED) is 0.381. The summed E-state index contributed by atoms with van der Waals surface area (Å²) in [5, 5.41) is 6.15. The lowest BCUT2D eigenvalue weighted by molar-refractivity contribution is -0.137. The van der Waals surface area contributed by atoms with Crippen molar-refractivity contribution in [3.8, 4) is 11.3 Å². The molecule has 0 aliphatic heterocycles. The molecule has 3 nitrogen and oxygen atoms in total. The van der Waals surface area contributed by atoms with Crippen LogP contribution in [-0.2, 0) is 6.18 Å². The van der Waals surface area contributed by atoms with Gasteiger partial charge in [0.05, 0.1) is 17.5 Å². The zero-order valence-corrected chi connectivity index (χ0v) is 13.4. The fourth-order valence-corrected chi connectivity index (χ4v) is 2.70. The van der Waals surface area contributed by atoms with Crippen molar-refractivity contribution < 1.29 is 17.6 Å². The van der Waals surface area contributed by atoms with E-state index in [2.05, 4.69) is 15.5 Å². The number of alkyl halides is 3. The van der Waals surface area contributed by atoms with Crippen molar-refractivity contribution in [2.75, 3.05) is 5.43 Å². The molecule has 25 heavy (non-hydrogen) atoms. The van der Waals surface area contributed by atoms with Gasteiger partial charge in [0.15, 0.2) is 0 Å². The standard InChI is InChI=1S/C17H11F4N3S/c18-14-8-13(17(19,20)21)7-6-12(14)9-22-24-16-23-15(10-25-16)11-4-2-1-3-5-11/h1-10H,(H,23,24). The summed E-state index contributed by atoms with van der Waals surface area (Å²) < 4.78 is 51.2. The van der Waals surface area contributed by atoms with E-state index < -0.39 is 17.6 Å². The molecule has 1 aromatic heterocycles. The molecule has 8 heteroatoms. The molecule has 0 bridgehead atoms. The van der Waals surface area contributed by atoms with E-state index in [0.29, 0.717) is 11.2 Å². The molecule has 0 unspecified atom stereocenters. The van der Waals surface area contributed by atoms with Crippen LogP contribution in [-0.4, -0.2) is 11.2 Å². The number of anilines is 1. The Hall–Kier alpha value is -2.74. The third kappa shape index (κ3) is 4.21. The maximum atomic E-state index is 13.7. The molecule has 1 heterocycles. The highest BCUT2D eigenvalue weighted by Gasteiger charge is 2.31. The van der Waals surface area contributed by atoms with E-state index in [1.54, 1.807) is 0 Å². The molecule has 0 aliphatic rings. The second kappa shape index (κ2) is 7.02. The van der Waals surface area contributed by atoms with Gasteiger partial charge >= 0.3 is 6.18 Å². The van der Waals surface area contributed by atoms with Crippen LogP contribution in [0.2, 0.25) is 0 Å². The lowest BCUT2D eigenvalue weighted by Crippen LogP contribution is -2.06. The van der Waals surface area contributed by atoms with Crippen LogP contribution in [0.3, 0.4) is 0 Å². The number of hydrogen-bond donors (Lipinski definition) is 1. The normalized spacial score (nSPS) is 11.8. The molecule has 0 spiro atoms. The highest BCUT2D eigenvalue weighted by Crippen LogP contribution is 2.30. The summed E-state index contributed by atoms with van der Waals surface area (Å²) in [5.41, 5.74) is 3.27. The number of nitrogens with zero attached hydrogens (tertiary/aromatic N) is 2. The van der Waals surface area contributed by atoms with Gasteiger partial charge in [0.2, 0.25) is 5.13 Å². The molecule has 0 radical (unpaired) electrons. The Labute approximate surface area is 144 Å². The molecule has 0 fully saturated rings. The van der Waals surface area contributed by atoms with E-state index in [9.17, 15) is 17.6 Å². The number of halogens is 4. The van der Waals surface area contributed by atoms with Crippen molar-refractivity contribution in [2.24, 2.45) is 5.10 Å². The first-order valence-corrected chi connectivity index (χ1v) is 7.98. The smallest absolute Gasteiger partial charge is 0.253 e. The predicted molar refractivity (Wildman–Crippen MR) is 90.2 cm³/mol. The molecule has 1 N–H and O–H groups in total. The van der Waals surface area contributed by atoms with Crippen molar-refractivity contribution in [3.63, 3.8) is 0 Å². The Morgan fingerprint density at radius 3 is 2.52 bits per heavy atom. The first-order valence-electron chi connectivity index (χ1n) is 7.10. The maximum absolute atomic E-state index is 13.7. The number of thiazole rings is 1. The van der Waals surface area contributed by atoms with Crippen LogP contribution in [0.4, 0.5) is 22.7 Å². The fourth-order valence-electron chi connectivity index (χ4n) is 2.03. The van der Waals surface area contributed by atoms with E-state index in [1.807, 2.05) is 35.7 Å². The van der Waals surface area contributed by atoms with Gasteiger partial charge in [-0.1, -0.05) is 30.3 Å². The number of benzene rings is 2. The fraction of sp³-hybridized carbons (Fsp3) is 0.0588. The molecule has 3 rings (SSSR count).